The highest BCUT2D eigenvalue weighted by atomic mass is 16.4. The van der Waals surface area contributed by atoms with Crippen molar-refractivity contribution in [2.45, 2.75) is 44.2 Å². The molecule has 3 nitrogen and oxygen atoms in total. The van der Waals surface area contributed by atoms with Gasteiger partial charge in [-0.1, -0.05) is 0 Å². The lowest BCUT2D eigenvalue weighted by molar-refractivity contribution is -0.149. The summed E-state index contributed by atoms with van der Waals surface area (Å²) in [4.78, 5) is 13.4. The molecular formula is C11H17NO2. The van der Waals surface area contributed by atoms with E-state index in [0.717, 1.165) is 24.8 Å². The zero-order valence-corrected chi connectivity index (χ0v) is 8.35. The van der Waals surface area contributed by atoms with Gasteiger partial charge in [0.25, 0.3) is 0 Å². The molecular weight excluding hydrogens is 178 g/mol. The zero-order chi connectivity index (χ0) is 9.71. The summed E-state index contributed by atoms with van der Waals surface area (Å²) in [6.45, 7) is 1.18. The average Bonchev–Trinajstić information content (AvgIpc) is 2.61. The van der Waals surface area contributed by atoms with Gasteiger partial charge in [-0.05, 0) is 38.0 Å². The molecule has 0 spiro atoms. The molecule has 1 heterocycles. The first kappa shape index (κ1) is 8.72. The molecule has 0 aromatic rings. The molecule has 3 rings (SSSR count). The van der Waals surface area contributed by atoms with E-state index >= 15 is 0 Å². The van der Waals surface area contributed by atoms with Gasteiger partial charge in [-0.2, -0.15) is 0 Å². The standard InChI is InChI=1S/C11H17NO2/c13-11(14)9-3-4-10(9)12-6-7-1-2-8(12)5-7/h7-10H,1-6H2,(H,13,14). The Morgan fingerprint density at radius 2 is 2.07 bits per heavy atom. The van der Waals surface area contributed by atoms with E-state index in [4.69, 9.17) is 5.11 Å². The topological polar surface area (TPSA) is 40.5 Å². The van der Waals surface area contributed by atoms with Crippen LogP contribution >= 0.6 is 0 Å². The Kier molecular flexibility index (Phi) is 1.84. The molecule has 2 aliphatic carbocycles. The number of nitrogens with zero attached hydrogens (tertiary/aromatic N) is 1. The Bertz CT molecular complexity index is 266. The molecule has 1 aliphatic heterocycles. The number of likely N-dealkylation sites (tertiary alicyclic amines) is 1. The molecule has 0 amide bonds. The van der Waals surface area contributed by atoms with Gasteiger partial charge in [0, 0.05) is 18.6 Å². The van der Waals surface area contributed by atoms with Crippen molar-refractivity contribution in [3.63, 3.8) is 0 Å². The van der Waals surface area contributed by atoms with Crippen LogP contribution in [0.2, 0.25) is 0 Å². The van der Waals surface area contributed by atoms with Crippen LogP contribution in [-0.4, -0.2) is 34.6 Å². The highest BCUT2D eigenvalue weighted by molar-refractivity contribution is 5.72. The monoisotopic (exact) mass is 195 g/mol. The first-order chi connectivity index (χ1) is 6.75. The van der Waals surface area contributed by atoms with Crippen molar-refractivity contribution in [2.75, 3.05) is 6.54 Å². The van der Waals surface area contributed by atoms with E-state index in [9.17, 15) is 4.79 Å². The third kappa shape index (κ3) is 1.11. The quantitative estimate of drug-likeness (QED) is 0.722. The fourth-order valence-electron chi connectivity index (χ4n) is 3.54. The molecule has 2 bridgehead atoms. The van der Waals surface area contributed by atoms with Crippen LogP contribution in [0.1, 0.15) is 32.1 Å². The van der Waals surface area contributed by atoms with E-state index < -0.39 is 5.97 Å². The first-order valence-electron chi connectivity index (χ1n) is 5.74. The Hall–Kier alpha value is -0.570. The summed E-state index contributed by atoms with van der Waals surface area (Å²) in [6.07, 6.45) is 6.04. The van der Waals surface area contributed by atoms with E-state index in [1.165, 1.54) is 25.8 Å². The van der Waals surface area contributed by atoms with Gasteiger partial charge in [0.1, 0.15) is 0 Å². The van der Waals surface area contributed by atoms with E-state index in [-0.39, 0.29) is 5.92 Å². The zero-order valence-electron chi connectivity index (χ0n) is 8.35. The molecule has 1 N–H and O–H groups in total. The minimum Gasteiger partial charge on any atom is -0.481 e. The number of fused-ring (bicyclic) bond motifs is 2. The first-order valence-corrected chi connectivity index (χ1v) is 5.74. The van der Waals surface area contributed by atoms with Crippen molar-refractivity contribution >= 4 is 5.97 Å². The Morgan fingerprint density at radius 1 is 1.21 bits per heavy atom. The smallest absolute Gasteiger partial charge is 0.308 e. The van der Waals surface area contributed by atoms with Gasteiger partial charge in [-0.25, -0.2) is 0 Å². The highest BCUT2D eigenvalue weighted by Gasteiger charge is 2.48. The molecule has 1 saturated heterocycles. The van der Waals surface area contributed by atoms with E-state index in [0.29, 0.717) is 6.04 Å². The molecule has 3 heteroatoms. The number of carbonyl (C=O) groups is 1. The molecule has 0 aromatic heterocycles. The van der Waals surface area contributed by atoms with Gasteiger partial charge in [-0.15, -0.1) is 0 Å². The average molecular weight is 195 g/mol. The Labute approximate surface area is 84.1 Å². The molecule has 4 unspecified atom stereocenters. The van der Waals surface area contributed by atoms with Gasteiger partial charge >= 0.3 is 5.97 Å². The maximum atomic E-state index is 10.9. The summed E-state index contributed by atoms with van der Waals surface area (Å²) in [7, 11) is 0. The van der Waals surface area contributed by atoms with Crippen molar-refractivity contribution in [1.82, 2.24) is 4.90 Å². The number of hydrogen-bond acceptors (Lipinski definition) is 2. The van der Waals surface area contributed by atoms with Crippen molar-refractivity contribution in [3.8, 4) is 0 Å². The molecule has 3 aliphatic rings. The number of aliphatic carboxylic acids is 1. The van der Waals surface area contributed by atoms with Crippen LogP contribution in [0, 0.1) is 11.8 Å². The lowest BCUT2D eigenvalue weighted by Gasteiger charge is -2.44. The largest absolute Gasteiger partial charge is 0.481 e. The van der Waals surface area contributed by atoms with Gasteiger partial charge in [-0.3, -0.25) is 9.69 Å². The van der Waals surface area contributed by atoms with E-state index in [2.05, 4.69) is 4.90 Å². The highest BCUT2D eigenvalue weighted by Crippen LogP contribution is 2.44. The second-order valence-electron chi connectivity index (χ2n) is 5.12. The van der Waals surface area contributed by atoms with Gasteiger partial charge in [0.15, 0.2) is 0 Å². The summed E-state index contributed by atoms with van der Waals surface area (Å²) in [5.74, 6) is 0.244. The number of carboxylic acids is 1. The second kappa shape index (κ2) is 2.96. The third-order valence-electron chi connectivity index (χ3n) is 4.43. The maximum Gasteiger partial charge on any atom is 0.308 e. The molecule has 3 fully saturated rings. The molecule has 0 aromatic carbocycles. The van der Waals surface area contributed by atoms with Crippen LogP contribution < -0.4 is 0 Å². The Morgan fingerprint density at radius 3 is 2.50 bits per heavy atom. The lowest BCUT2D eigenvalue weighted by atomic mass is 9.78. The molecule has 78 valence electrons. The summed E-state index contributed by atoms with van der Waals surface area (Å²) >= 11 is 0. The normalized spacial score (nSPS) is 46.6. The fraction of sp³-hybridized carbons (Fsp3) is 0.909. The van der Waals surface area contributed by atoms with Crippen LogP contribution in [0.3, 0.4) is 0 Å². The maximum absolute atomic E-state index is 10.9. The van der Waals surface area contributed by atoms with Gasteiger partial charge < -0.3 is 5.11 Å². The van der Waals surface area contributed by atoms with Crippen molar-refractivity contribution in [3.05, 3.63) is 0 Å². The van der Waals surface area contributed by atoms with Crippen LogP contribution in [-0.2, 0) is 4.79 Å². The summed E-state index contributed by atoms with van der Waals surface area (Å²) in [5.41, 5.74) is 0. The molecule has 2 saturated carbocycles. The minimum absolute atomic E-state index is 0.0608. The van der Waals surface area contributed by atoms with Gasteiger partial charge in [0.2, 0.25) is 0 Å². The number of rotatable bonds is 2. The van der Waals surface area contributed by atoms with Crippen molar-refractivity contribution in [1.29, 1.82) is 0 Å². The van der Waals surface area contributed by atoms with E-state index in [1.54, 1.807) is 0 Å². The van der Waals surface area contributed by atoms with Gasteiger partial charge in [0.05, 0.1) is 5.92 Å². The lowest BCUT2D eigenvalue weighted by Crippen LogP contribution is -2.52. The van der Waals surface area contributed by atoms with E-state index in [1.807, 2.05) is 0 Å². The summed E-state index contributed by atoms with van der Waals surface area (Å²) < 4.78 is 0. The molecule has 14 heavy (non-hydrogen) atoms. The number of carboxylic acid groups (broad SMARTS) is 1. The molecule has 0 radical (unpaired) electrons. The predicted molar refractivity (Wildman–Crippen MR) is 52.0 cm³/mol. The summed E-state index contributed by atoms with van der Waals surface area (Å²) in [6, 6.07) is 1.11. The second-order valence-corrected chi connectivity index (χ2v) is 5.12. The predicted octanol–water partition coefficient (Wildman–Crippen LogP) is 1.33. The van der Waals surface area contributed by atoms with Crippen molar-refractivity contribution in [2.24, 2.45) is 11.8 Å². The summed E-state index contributed by atoms with van der Waals surface area (Å²) in [5, 5.41) is 9.01. The third-order valence-corrected chi connectivity index (χ3v) is 4.43. The van der Waals surface area contributed by atoms with Crippen LogP contribution in [0.25, 0.3) is 0 Å². The SMILES string of the molecule is O=C(O)C1CCC1N1CC2CCC1C2. The number of hydrogen-bond donors (Lipinski definition) is 1. The Balaban J connectivity index is 1.69. The number of piperidine rings is 1. The minimum atomic E-state index is -0.580. The van der Waals surface area contributed by atoms with Crippen LogP contribution in [0.15, 0.2) is 0 Å². The van der Waals surface area contributed by atoms with Crippen LogP contribution in [0.4, 0.5) is 0 Å². The van der Waals surface area contributed by atoms with Crippen molar-refractivity contribution < 1.29 is 9.90 Å². The fourth-order valence-corrected chi connectivity index (χ4v) is 3.54. The van der Waals surface area contributed by atoms with Crippen LogP contribution in [0.5, 0.6) is 0 Å². The molecule has 4 atom stereocenters.